The lowest BCUT2D eigenvalue weighted by atomic mass is 9.94. The van der Waals surface area contributed by atoms with Crippen molar-refractivity contribution in [2.24, 2.45) is 5.92 Å². The Balaban J connectivity index is 1.32. The summed E-state index contributed by atoms with van der Waals surface area (Å²) in [7, 11) is 0. The van der Waals surface area contributed by atoms with Gasteiger partial charge < -0.3 is 9.80 Å². The summed E-state index contributed by atoms with van der Waals surface area (Å²) in [5, 5.41) is 0. The molecule has 0 radical (unpaired) electrons. The first-order valence-electron chi connectivity index (χ1n) is 10.1. The Morgan fingerprint density at radius 1 is 1.04 bits per heavy atom. The van der Waals surface area contributed by atoms with Crippen LogP contribution in [0.25, 0.3) is 11.2 Å². The van der Waals surface area contributed by atoms with Gasteiger partial charge >= 0.3 is 0 Å². The number of nitrogens with zero attached hydrogens (tertiary/aromatic N) is 6. The van der Waals surface area contributed by atoms with Crippen molar-refractivity contribution in [2.45, 2.75) is 26.2 Å². The van der Waals surface area contributed by atoms with Crippen LogP contribution in [0.2, 0.25) is 0 Å². The van der Waals surface area contributed by atoms with Gasteiger partial charge in [0.1, 0.15) is 5.52 Å². The Morgan fingerprint density at radius 2 is 1.78 bits per heavy atom. The van der Waals surface area contributed by atoms with Crippen molar-refractivity contribution in [3.05, 3.63) is 24.7 Å². The predicted octanol–water partition coefficient (Wildman–Crippen LogP) is 1.80. The van der Waals surface area contributed by atoms with Crippen molar-refractivity contribution in [3.63, 3.8) is 0 Å². The zero-order valence-corrected chi connectivity index (χ0v) is 16.0. The third-order valence-corrected chi connectivity index (χ3v) is 5.74. The molecule has 2 saturated heterocycles. The average Bonchev–Trinajstić information content (AvgIpc) is 2.74. The summed E-state index contributed by atoms with van der Waals surface area (Å²) in [5.74, 6) is 0.514. The zero-order chi connectivity index (χ0) is 18.6. The van der Waals surface area contributed by atoms with E-state index in [1.807, 2.05) is 12.3 Å². The molecule has 2 fully saturated rings. The van der Waals surface area contributed by atoms with Crippen LogP contribution in [0, 0.1) is 5.92 Å². The van der Waals surface area contributed by atoms with Crippen LogP contribution in [-0.4, -0.2) is 76.5 Å². The highest BCUT2D eigenvalue weighted by molar-refractivity contribution is 5.79. The van der Waals surface area contributed by atoms with Crippen molar-refractivity contribution in [1.82, 2.24) is 24.8 Å². The molecule has 7 nitrogen and oxygen atoms in total. The molecule has 27 heavy (non-hydrogen) atoms. The second-order valence-corrected chi connectivity index (χ2v) is 7.52. The molecule has 144 valence electrons. The Morgan fingerprint density at radius 3 is 2.52 bits per heavy atom. The number of piperidine rings is 1. The number of pyridine rings is 1. The summed E-state index contributed by atoms with van der Waals surface area (Å²) in [6, 6.07) is 2.05. The van der Waals surface area contributed by atoms with E-state index in [2.05, 4.69) is 36.6 Å². The van der Waals surface area contributed by atoms with E-state index in [9.17, 15) is 4.79 Å². The van der Waals surface area contributed by atoms with Gasteiger partial charge in [0.2, 0.25) is 5.91 Å². The summed E-state index contributed by atoms with van der Waals surface area (Å²) >= 11 is 0. The Hall–Kier alpha value is -2.28. The van der Waals surface area contributed by atoms with Crippen LogP contribution in [0.4, 0.5) is 5.69 Å². The lowest BCUT2D eigenvalue weighted by molar-refractivity contribution is -0.138. The largest absolute Gasteiger partial charge is 0.370 e. The van der Waals surface area contributed by atoms with Gasteiger partial charge in [-0.3, -0.25) is 14.7 Å². The molecule has 2 aromatic rings. The van der Waals surface area contributed by atoms with Gasteiger partial charge in [-0.1, -0.05) is 6.92 Å². The highest BCUT2D eigenvalue weighted by Crippen LogP contribution is 2.26. The van der Waals surface area contributed by atoms with Crippen molar-refractivity contribution in [1.29, 1.82) is 0 Å². The maximum absolute atomic E-state index is 12.9. The number of hydrogen-bond acceptors (Lipinski definition) is 6. The maximum atomic E-state index is 12.9. The number of aromatic nitrogens is 3. The number of rotatable bonds is 4. The second-order valence-electron chi connectivity index (χ2n) is 7.52. The van der Waals surface area contributed by atoms with E-state index >= 15 is 0 Å². The molecule has 0 saturated carbocycles. The molecule has 0 unspecified atom stereocenters. The van der Waals surface area contributed by atoms with Crippen molar-refractivity contribution in [3.8, 4) is 0 Å². The molecule has 4 heterocycles. The number of fused-ring (bicyclic) bond motifs is 1. The molecule has 0 aromatic carbocycles. The van der Waals surface area contributed by atoms with E-state index in [0.29, 0.717) is 11.6 Å². The third kappa shape index (κ3) is 4.03. The van der Waals surface area contributed by atoms with Gasteiger partial charge in [-0.15, -0.1) is 0 Å². The molecule has 2 aliphatic rings. The molecule has 2 aromatic heterocycles. The highest BCUT2D eigenvalue weighted by Gasteiger charge is 2.30. The van der Waals surface area contributed by atoms with Crippen LogP contribution < -0.4 is 4.90 Å². The fraction of sp³-hybridized carbons (Fsp3) is 0.600. The smallest absolute Gasteiger partial charge is 0.225 e. The number of carbonyl (C=O) groups excluding carboxylic acids is 1. The Bertz CT molecular complexity index is 781. The summed E-state index contributed by atoms with van der Waals surface area (Å²) in [6.07, 6.45) is 8.22. The lowest BCUT2D eigenvalue weighted by Gasteiger charge is -2.39. The Labute approximate surface area is 160 Å². The number of piperazine rings is 1. The minimum Gasteiger partial charge on any atom is -0.370 e. The summed E-state index contributed by atoms with van der Waals surface area (Å²) in [6.45, 7) is 8.93. The number of hydrogen-bond donors (Lipinski definition) is 0. The molecule has 0 N–H and O–H groups in total. The summed E-state index contributed by atoms with van der Waals surface area (Å²) < 4.78 is 0. The van der Waals surface area contributed by atoms with E-state index in [4.69, 9.17) is 0 Å². The fourth-order valence-corrected chi connectivity index (χ4v) is 4.17. The summed E-state index contributed by atoms with van der Waals surface area (Å²) in [4.78, 5) is 32.7. The Kier molecular flexibility index (Phi) is 5.48. The molecule has 1 amide bonds. The van der Waals surface area contributed by atoms with Crippen LogP contribution in [-0.2, 0) is 4.79 Å². The number of amides is 1. The van der Waals surface area contributed by atoms with Crippen LogP contribution >= 0.6 is 0 Å². The average molecular weight is 368 g/mol. The van der Waals surface area contributed by atoms with Gasteiger partial charge in [-0.2, -0.15) is 0 Å². The van der Waals surface area contributed by atoms with E-state index in [1.165, 1.54) is 6.42 Å². The SMILES string of the molecule is CCCN1CCN(C(=O)C2CCN(c3cnc4nccnc4c3)CC2)CC1. The minimum atomic E-state index is 0.159. The molecule has 4 rings (SSSR count). The van der Waals surface area contributed by atoms with Crippen molar-refractivity contribution >= 4 is 22.8 Å². The van der Waals surface area contributed by atoms with Crippen LogP contribution in [0.1, 0.15) is 26.2 Å². The van der Waals surface area contributed by atoms with Crippen LogP contribution in [0.15, 0.2) is 24.7 Å². The van der Waals surface area contributed by atoms with Crippen LogP contribution in [0.5, 0.6) is 0 Å². The van der Waals surface area contributed by atoms with Gasteiger partial charge in [0.05, 0.1) is 11.9 Å². The monoisotopic (exact) mass is 368 g/mol. The minimum absolute atomic E-state index is 0.159. The first-order chi connectivity index (χ1) is 13.2. The molecule has 0 spiro atoms. The van der Waals surface area contributed by atoms with E-state index < -0.39 is 0 Å². The first kappa shape index (κ1) is 18.1. The molecular formula is C20H28N6O. The molecule has 7 heteroatoms. The van der Waals surface area contributed by atoms with Gasteiger partial charge in [0.15, 0.2) is 5.65 Å². The van der Waals surface area contributed by atoms with Gasteiger partial charge in [0, 0.05) is 57.6 Å². The zero-order valence-electron chi connectivity index (χ0n) is 16.0. The third-order valence-electron chi connectivity index (χ3n) is 5.74. The van der Waals surface area contributed by atoms with Gasteiger partial charge in [-0.05, 0) is 31.9 Å². The normalized spacial score (nSPS) is 19.6. The number of carbonyl (C=O) groups is 1. The van der Waals surface area contributed by atoms with Crippen molar-refractivity contribution in [2.75, 3.05) is 50.7 Å². The van der Waals surface area contributed by atoms with Gasteiger partial charge in [-0.25, -0.2) is 9.97 Å². The van der Waals surface area contributed by atoms with Crippen molar-refractivity contribution < 1.29 is 4.79 Å². The van der Waals surface area contributed by atoms with Crippen LogP contribution in [0.3, 0.4) is 0 Å². The standard InChI is InChI=1S/C20H28N6O/c1-2-7-24-10-12-26(13-11-24)20(27)16-3-8-25(9-4-16)17-14-18-19(23-15-17)22-6-5-21-18/h5-6,14-16H,2-4,7-13H2,1H3. The quantitative estimate of drug-likeness (QED) is 0.820. The summed E-state index contributed by atoms with van der Waals surface area (Å²) in [5.41, 5.74) is 2.56. The molecular weight excluding hydrogens is 340 g/mol. The lowest BCUT2D eigenvalue weighted by Crippen LogP contribution is -2.51. The molecule has 0 aliphatic carbocycles. The fourth-order valence-electron chi connectivity index (χ4n) is 4.17. The van der Waals surface area contributed by atoms with E-state index in [0.717, 1.165) is 69.9 Å². The topological polar surface area (TPSA) is 65.5 Å². The molecule has 2 aliphatic heterocycles. The molecule has 0 bridgehead atoms. The van der Waals surface area contributed by atoms with Gasteiger partial charge in [0.25, 0.3) is 0 Å². The second kappa shape index (κ2) is 8.17. The molecule has 0 atom stereocenters. The first-order valence-corrected chi connectivity index (χ1v) is 10.1. The van der Waals surface area contributed by atoms with E-state index in [1.54, 1.807) is 12.4 Å². The number of anilines is 1. The predicted molar refractivity (Wildman–Crippen MR) is 106 cm³/mol. The highest BCUT2D eigenvalue weighted by atomic mass is 16.2. The van der Waals surface area contributed by atoms with E-state index in [-0.39, 0.29) is 5.92 Å². The maximum Gasteiger partial charge on any atom is 0.225 e.